The highest BCUT2D eigenvalue weighted by atomic mass is 79.9. The first-order chi connectivity index (χ1) is 12.6. The minimum Gasteiger partial charge on any atom is -0.339 e. The fourth-order valence-electron chi connectivity index (χ4n) is 1.90. The van der Waals surface area contributed by atoms with Gasteiger partial charge in [0.15, 0.2) is 5.11 Å². The van der Waals surface area contributed by atoms with Crippen molar-refractivity contribution in [3.63, 3.8) is 0 Å². The number of hydrogen-bond donors (Lipinski definition) is 3. The highest BCUT2D eigenvalue weighted by Crippen LogP contribution is 2.30. The summed E-state index contributed by atoms with van der Waals surface area (Å²) in [5, 5.41) is 9.12. The molecule has 0 fully saturated rings. The van der Waals surface area contributed by atoms with Crippen molar-refractivity contribution in [1.29, 1.82) is 0 Å². The molecule has 144 valence electrons. The zero-order valence-electron chi connectivity index (χ0n) is 13.2. The van der Waals surface area contributed by atoms with Gasteiger partial charge in [-0.1, -0.05) is 73.9 Å². The standard InChI is InChI=1S/C16H11BrCl5N3OS/c17-9-3-1-8(2-4-9)13(26)24-14(16(20,21)22)25-15(27)23-12-6-5-10(18)7-11(12)19/h1-7,14H,(H,24,26)(H2,23,25,27). The molecule has 2 rings (SSSR count). The highest BCUT2D eigenvalue weighted by Gasteiger charge is 2.35. The molecule has 2 aromatic rings. The SMILES string of the molecule is O=C(NC(NC(=S)Nc1ccc(Cl)cc1Cl)C(Cl)(Cl)Cl)c1ccc(Br)cc1. The number of carbonyl (C=O) groups excluding carboxylic acids is 1. The van der Waals surface area contributed by atoms with Gasteiger partial charge in [0.05, 0.1) is 10.7 Å². The molecule has 0 heterocycles. The molecule has 1 amide bonds. The van der Waals surface area contributed by atoms with Crippen molar-refractivity contribution in [2.24, 2.45) is 0 Å². The summed E-state index contributed by atoms with van der Waals surface area (Å²) in [5.74, 6) is -0.446. The van der Waals surface area contributed by atoms with Gasteiger partial charge in [-0.2, -0.15) is 0 Å². The molecule has 0 aliphatic rings. The van der Waals surface area contributed by atoms with Gasteiger partial charge in [0.2, 0.25) is 3.79 Å². The van der Waals surface area contributed by atoms with Gasteiger partial charge in [0.25, 0.3) is 5.91 Å². The Labute approximate surface area is 195 Å². The van der Waals surface area contributed by atoms with Gasteiger partial charge < -0.3 is 16.0 Å². The lowest BCUT2D eigenvalue weighted by molar-refractivity contribution is 0.0934. The number of alkyl halides is 3. The molecule has 1 atom stereocenters. The fraction of sp³-hybridized carbons (Fsp3) is 0.125. The first-order valence-corrected chi connectivity index (χ1v) is 10.3. The smallest absolute Gasteiger partial charge is 0.252 e. The molecule has 11 heteroatoms. The molecule has 2 aromatic carbocycles. The van der Waals surface area contributed by atoms with Crippen molar-refractivity contribution in [3.8, 4) is 0 Å². The summed E-state index contributed by atoms with van der Waals surface area (Å²) in [6, 6.07) is 11.5. The number of halogens is 6. The number of thiocarbonyl (C=S) groups is 1. The fourth-order valence-corrected chi connectivity index (χ4v) is 3.17. The molecule has 0 saturated carbocycles. The van der Waals surface area contributed by atoms with Crippen LogP contribution in [0.25, 0.3) is 0 Å². The van der Waals surface area contributed by atoms with E-state index in [-0.39, 0.29) is 5.11 Å². The second-order valence-corrected chi connectivity index (χ2v) is 9.71. The van der Waals surface area contributed by atoms with Crippen LogP contribution in [0.15, 0.2) is 46.9 Å². The maximum absolute atomic E-state index is 12.4. The Morgan fingerprint density at radius 3 is 2.22 bits per heavy atom. The van der Waals surface area contributed by atoms with Crippen LogP contribution in [-0.2, 0) is 0 Å². The zero-order valence-corrected chi connectivity index (χ0v) is 19.4. The second kappa shape index (κ2) is 9.83. The lowest BCUT2D eigenvalue weighted by Gasteiger charge is -2.28. The lowest BCUT2D eigenvalue weighted by atomic mass is 10.2. The maximum atomic E-state index is 12.4. The van der Waals surface area contributed by atoms with Crippen LogP contribution in [0.5, 0.6) is 0 Å². The first-order valence-electron chi connectivity index (χ1n) is 7.22. The summed E-state index contributed by atoms with van der Waals surface area (Å²) >= 11 is 38.4. The van der Waals surface area contributed by atoms with Gasteiger partial charge in [-0.25, -0.2) is 0 Å². The van der Waals surface area contributed by atoms with Gasteiger partial charge >= 0.3 is 0 Å². The Bertz CT molecular complexity index is 845. The average Bonchev–Trinajstić information content (AvgIpc) is 2.56. The summed E-state index contributed by atoms with van der Waals surface area (Å²) < 4.78 is -1.04. The number of rotatable bonds is 4. The molecular weight excluding hydrogens is 539 g/mol. The summed E-state index contributed by atoms with van der Waals surface area (Å²) in [6.45, 7) is 0. The van der Waals surface area contributed by atoms with Crippen LogP contribution >= 0.6 is 86.2 Å². The van der Waals surface area contributed by atoms with E-state index < -0.39 is 15.9 Å². The molecule has 3 N–H and O–H groups in total. The van der Waals surface area contributed by atoms with E-state index >= 15 is 0 Å². The topological polar surface area (TPSA) is 53.2 Å². The van der Waals surface area contributed by atoms with Gasteiger partial charge in [0.1, 0.15) is 6.17 Å². The molecule has 0 aromatic heterocycles. The molecule has 0 bridgehead atoms. The lowest BCUT2D eigenvalue weighted by Crippen LogP contribution is -2.56. The third-order valence-corrected chi connectivity index (χ3v) is 5.11. The van der Waals surface area contributed by atoms with Crippen LogP contribution in [0.2, 0.25) is 10.0 Å². The number of benzene rings is 2. The van der Waals surface area contributed by atoms with Crippen LogP contribution in [0, 0.1) is 0 Å². The van der Waals surface area contributed by atoms with E-state index in [0.717, 1.165) is 4.47 Å². The van der Waals surface area contributed by atoms with Crippen molar-refractivity contribution < 1.29 is 4.79 Å². The highest BCUT2D eigenvalue weighted by molar-refractivity contribution is 9.10. The summed E-state index contributed by atoms with van der Waals surface area (Å²) in [4.78, 5) is 12.4. The Morgan fingerprint density at radius 2 is 1.67 bits per heavy atom. The molecular formula is C16H11BrCl5N3OS. The van der Waals surface area contributed by atoms with Crippen LogP contribution in [0.1, 0.15) is 10.4 Å². The number of hydrogen-bond acceptors (Lipinski definition) is 2. The summed E-state index contributed by atoms with van der Waals surface area (Å²) in [5.41, 5.74) is 0.889. The summed E-state index contributed by atoms with van der Waals surface area (Å²) in [6.07, 6.45) is -1.11. The number of nitrogens with one attached hydrogen (secondary N) is 3. The molecule has 0 aliphatic heterocycles. The van der Waals surface area contributed by atoms with E-state index in [9.17, 15) is 4.79 Å². The van der Waals surface area contributed by atoms with E-state index in [4.69, 9.17) is 70.2 Å². The predicted molar refractivity (Wildman–Crippen MR) is 122 cm³/mol. The largest absolute Gasteiger partial charge is 0.339 e. The summed E-state index contributed by atoms with van der Waals surface area (Å²) in [7, 11) is 0. The molecule has 1 unspecified atom stereocenters. The molecule has 0 saturated heterocycles. The van der Waals surface area contributed by atoms with E-state index in [2.05, 4.69) is 31.9 Å². The molecule has 27 heavy (non-hydrogen) atoms. The normalized spacial score (nSPS) is 12.2. The number of anilines is 1. The van der Waals surface area contributed by atoms with Crippen molar-refractivity contribution in [3.05, 3.63) is 62.5 Å². The Kier molecular flexibility index (Phi) is 8.31. The molecule has 0 aliphatic carbocycles. The minimum atomic E-state index is -1.87. The first kappa shape index (κ1) is 22.8. The van der Waals surface area contributed by atoms with Crippen molar-refractivity contribution in [1.82, 2.24) is 10.6 Å². The maximum Gasteiger partial charge on any atom is 0.252 e. The van der Waals surface area contributed by atoms with Crippen molar-refractivity contribution in [2.75, 3.05) is 5.32 Å². The Balaban J connectivity index is 2.08. The van der Waals surface area contributed by atoms with Gasteiger partial charge in [-0.05, 0) is 54.7 Å². The molecule has 4 nitrogen and oxygen atoms in total. The van der Waals surface area contributed by atoms with Gasteiger partial charge in [0, 0.05) is 15.1 Å². The predicted octanol–water partition coefficient (Wildman–Crippen LogP) is 6.17. The van der Waals surface area contributed by atoms with Crippen LogP contribution < -0.4 is 16.0 Å². The Morgan fingerprint density at radius 1 is 1.04 bits per heavy atom. The second-order valence-electron chi connectivity index (χ2n) is 5.18. The molecule has 0 spiro atoms. The third-order valence-electron chi connectivity index (χ3n) is 3.16. The van der Waals surface area contributed by atoms with E-state index in [0.29, 0.717) is 21.3 Å². The van der Waals surface area contributed by atoms with E-state index in [1.807, 2.05) is 0 Å². The number of amides is 1. The van der Waals surface area contributed by atoms with Crippen molar-refractivity contribution in [2.45, 2.75) is 9.96 Å². The van der Waals surface area contributed by atoms with E-state index in [1.165, 1.54) is 0 Å². The quantitative estimate of drug-likeness (QED) is 0.242. The van der Waals surface area contributed by atoms with Gasteiger partial charge in [-0.15, -0.1) is 0 Å². The van der Waals surface area contributed by atoms with Crippen LogP contribution in [0.4, 0.5) is 5.69 Å². The third kappa shape index (κ3) is 7.13. The molecule has 0 radical (unpaired) electrons. The zero-order chi connectivity index (χ0) is 20.2. The van der Waals surface area contributed by atoms with Gasteiger partial charge in [-0.3, -0.25) is 4.79 Å². The average molecular weight is 551 g/mol. The Hall–Kier alpha value is -0.470. The van der Waals surface area contributed by atoms with E-state index in [1.54, 1.807) is 42.5 Å². The van der Waals surface area contributed by atoms with Crippen molar-refractivity contribution >= 4 is 103 Å². The number of carbonyl (C=O) groups is 1. The minimum absolute atomic E-state index is 0.0895. The van der Waals surface area contributed by atoms with Crippen LogP contribution in [0.3, 0.4) is 0 Å². The monoisotopic (exact) mass is 547 g/mol. The van der Waals surface area contributed by atoms with Crippen LogP contribution in [-0.4, -0.2) is 21.0 Å².